The maximum absolute atomic E-state index is 9.15. The van der Waals surface area contributed by atoms with Crippen LogP contribution in [-0.2, 0) is 0 Å². The van der Waals surface area contributed by atoms with Crippen LogP contribution in [0, 0.1) is 5.92 Å². The van der Waals surface area contributed by atoms with E-state index < -0.39 is 0 Å². The summed E-state index contributed by atoms with van der Waals surface area (Å²) >= 11 is 0. The van der Waals surface area contributed by atoms with Crippen molar-refractivity contribution in [2.45, 2.75) is 58.2 Å². The van der Waals surface area contributed by atoms with E-state index >= 15 is 0 Å². The van der Waals surface area contributed by atoms with Crippen LogP contribution in [-0.4, -0.2) is 35.9 Å². The van der Waals surface area contributed by atoms with Gasteiger partial charge in [-0.25, -0.2) is 0 Å². The van der Waals surface area contributed by atoms with Gasteiger partial charge in [0.05, 0.1) is 6.10 Å². The molecule has 1 atom stereocenters. The van der Waals surface area contributed by atoms with Crippen LogP contribution in [0.4, 0.5) is 0 Å². The Kier molecular flexibility index (Phi) is 4.56. The summed E-state index contributed by atoms with van der Waals surface area (Å²) in [5, 5.41) is 16.1. The van der Waals surface area contributed by atoms with E-state index in [0.29, 0.717) is 12.0 Å². The first-order valence-corrected chi connectivity index (χ1v) is 6.03. The van der Waals surface area contributed by atoms with Gasteiger partial charge in [-0.05, 0) is 53.0 Å². The van der Waals surface area contributed by atoms with Gasteiger partial charge in [0.2, 0.25) is 0 Å². The van der Waals surface area contributed by atoms with E-state index in [-0.39, 0.29) is 11.6 Å². The van der Waals surface area contributed by atoms with Crippen LogP contribution in [0.1, 0.15) is 40.5 Å². The zero-order chi connectivity index (χ0) is 11.5. The summed E-state index contributed by atoms with van der Waals surface area (Å²) in [5.74, 6) is 0.692. The summed E-state index contributed by atoms with van der Waals surface area (Å²) in [5.41, 5.74) is 0.197. The minimum atomic E-state index is -0.0280. The van der Waals surface area contributed by atoms with E-state index in [1.165, 1.54) is 0 Å². The molecule has 0 heterocycles. The average Bonchev–Trinajstić information content (AvgIpc) is 2.06. The lowest BCUT2D eigenvalue weighted by atomic mass is 9.82. The highest BCUT2D eigenvalue weighted by atomic mass is 16.3. The van der Waals surface area contributed by atoms with Gasteiger partial charge < -0.3 is 15.7 Å². The predicted octanol–water partition coefficient (Wildman–Crippen LogP) is 1.12. The van der Waals surface area contributed by atoms with E-state index in [2.05, 4.69) is 38.3 Å². The monoisotopic (exact) mass is 214 g/mol. The summed E-state index contributed by atoms with van der Waals surface area (Å²) < 4.78 is 0. The molecule has 0 amide bonds. The number of rotatable bonds is 5. The summed E-state index contributed by atoms with van der Waals surface area (Å²) in [4.78, 5) is 0. The maximum Gasteiger partial charge on any atom is 0.0546 e. The SMILES string of the molecule is CC(CNC(C)(C)C)NCC1CC(O)C1. The number of hydrogen-bond donors (Lipinski definition) is 3. The smallest absolute Gasteiger partial charge is 0.0546 e. The van der Waals surface area contributed by atoms with Crippen molar-refractivity contribution < 1.29 is 5.11 Å². The van der Waals surface area contributed by atoms with Crippen molar-refractivity contribution in [2.75, 3.05) is 13.1 Å². The highest BCUT2D eigenvalue weighted by Crippen LogP contribution is 2.26. The van der Waals surface area contributed by atoms with Crippen molar-refractivity contribution in [1.82, 2.24) is 10.6 Å². The Balaban J connectivity index is 2.01. The van der Waals surface area contributed by atoms with E-state index in [1.807, 2.05) is 0 Å². The third kappa shape index (κ3) is 5.50. The zero-order valence-electron chi connectivity index (χ0n) is 10.5. The second-order valence-electron chi connectivity index (χ2n) is 5.93. The Morgan fingerprint density at radius 1 is 1.33 bits per heavy atom. The zero-order valence-corrected chi connectivity index (χ0v) is 10.5. The van der Waals surface area contributed by atoms with Crippen LogP contribution < -0.4 is 10.6 Å². The Morgan fingerprint density at radius 2 is 1.93 bits per heavy atom. The van der Waals surface area contributed by atoms with Crippen LogP contribution in [0.5, 0.6) is 0 Å². The number of aliphatic hydroxyl groups is 1. The van der Waals surface area contributed by atoms with E-state index in [4.69, 9.17) is 5.11 Å². The topological polar surface area (TPSA) is 44.3 Å². The first kappa shape index (κ1) is 12.9. The molecule has 0 saturated heterocycles. The molecule has 0 spiro atoms. The second-order valence-corrected chi connectivity index (χ2v) is 5.93. The molecule has 1 saturated carbocycles. The summed E-state index contributed by atoms with van der Waals surface area (Å²) in [6.45, 7) is 10.8. The molecule has 1 unspecified atom stereocenters. The summed E-state index contributed by atoms with van der Waals surface area (Å²) in [6.07, 6.45) is 1.93. The standard InChI is InChI=1S/C12H26N2O/c1-9(7-14-12(2,3)4)13-8-10-5-11(15)6-10/h9-11,13-15H,5-8H2,1-4H3. The van der Waals surface area contributed by atoms with E-state index in [0.717, 1.165) is 25.9 Å². The van der Waals surface area contributed by atoms with Crippen molar-refractivity contribution in [3.05, 3.63) is 0 Å². The Morgan fingerprint density at radius 3 is 2.40 bits per heavy atom. The lowest BCUT2D eigenvalue weighted by molar-refractivity contribution is 0.0420. The van der Waals surface area contributed by atoms with Crippen molar-refractivity contribution >= 4 is 0 Å². The molecular weight excluding hydrogens is 188 g/mol. The maximum atomic E-state index is 9.15. The molecule has 1 aliphatic rings. The molecule has 15 heavy (non-hydrogen) atoms. The van der Waals surface area contributed by atoms with Crippen molar-refractivity contribution in [2.24, 2.45) is 5.92 Å². The van der Waals surface area contributed by atoms with E-state index in [9.17, 15) is 0 Å². The molecule has 3 heteroatoms. The quantitative estimate of drug-likeness (QED) is 0.643. The number of nitrogens with one attached hydrogen (secondary N) is 2. The molecule has 0 aliphatic heterocycles. The normalized spacial score (nSPS) is 28.6. The number of hydrogen-bond acceptors (Lipinski definition) is 3. The van der Waals surface area contributed by atoms with Gasteiger partial charge in [-0.3, -0.25) is 0 Å². The van der Waals surface area contributed by atoms with Crippen molar-refractivity contribution in [3.63, 3.8) is 0 Å². The van der Waals surface area contributed by atoms with Gasteiger partial charge in [0.15, 0.2) is 0 Å². The summed E-state index contributed by atoms with van der Waals surface area (Å²) in [6, 6.07) is 0.502. The fourth-order valence-electron chi connectivity index (χ4n) is 1.77. The molecule has 3 nitrogen and oxygen atoms in total. The van der Waals surface area contributed by atoms with Crippen LogP contribution >= 0.6 is 0 Å². The first-order chi connectivity index (χ1) is 6.87. The largest absolute Gasteiger partial charge is 0.393 e. The fourth-order valence-corrected chi connectivity index (χ4v) is 1.77. The molecule has 0 radical (unpaired) electrons. The summed E-state index contributed by atoms with van der Waals surface area (Å²) in [7, 11) is 0. The molecule has 0 aromatic heterocycles. The Bertz CT molecular complexity index is 183. The van der Waals surface area contributed by atoms with Gasteiger partial charge in [0, 0.05) is 18.1 Å². The molecule has 0 aromatic rings. The highest BCUT2D eigenvalue weighted by molar-refractivity contribution is 4.82. The minimum absolute atomic E-state index is 0.0280. The van der Waals surface area contributed by atoms with Crippen molar-refractivity contribution in [1.29, 1.82) is 0 Å². The van der Waals surface area contributed by atoms with Gasteiger partial charge in [-0.15, -0.1) is 0 Å². The molecule has 0 bridgehead atoms. The fraction of sp³-hybridized carbons (Fsp3) is 1.00. The minimum Gasteiger partial charge on any atom is -0.393 e. The Labute approximate surface area is 93.6 Å². The van der Waals surface area contributed by atoms with Gasteiger partial charge in [-0.2, -0.15) is 0 Å². The lowest BCUT2D eigenvalue weighted by Gasteiger charge is -2.33. The first-order valence-electron chi connectivity index (χ1n) is 6.03. The van der Waals surface area contributed by atoms with Crippen LogP contribution in [0.2, 0.25) is 0 Å². The van der Waals surface area contributed by atoms with Gasteiger partial charge >= 0.3 is 0 Å². The predicted molar refractivity (Wildman–Crippen MR) is 64.0 cm³/mol. The molecule has 90 valence electrons. The Hall–Kier alpha value is -0.120. The van der Waals surface area contributed by atoms with Gasteiger partial charge in [-0.1, -0.05) is 0 Å². The molecule has 1 aliphatic carbocycles. The molecule has 0 aromatic carbocycles. The molecule has 1 fully saturated rings. The van der Waals surface area contributed by atoms with Gasteiger partial charge in [0.25, 0.3) is 0 Å². The number of aliphatic hydroxyl groups excluding tert-OH is 1. The third-order valence-electron chi connectivity index (χ3n) is 2.90. The van der Waals surface area contributed by atoms with Crippen LogP contribution in [0.3, 0.4) is 0 Å². The third-order valence-corrected chi connectivity index (χ3v) is 2.90. The molecule has 3 N–H and O–H groups in total. The van der Waals surface area contributed by atoms with E-state index in [1.54, 1.807) is 0 Å². The highest BCUT2D eigenvalue weighted by Gasteiger charge is 2.26. The van der Waals surface area contributed by atoms with Crippen LogP contribution in [0.25, 0.3) is 0 Å². The lowest BCUT2D eigenvalue weighted by Crippen LogP contribution is -2.47. The van der Waals surface area contributed by atoms with Crippen LogP contribution in [0.15, 0.2) is 0 Å². The molecule has 1 rings (SSSR count). The van der Waals surface area contributed by atoms with Crippen molar-refractivity contribution in [3.8, 4) is 0 Å². The average molecular weight is 214 g/mol. The van der Waals surface area contributed by atoms with Gasteiger partial charge in [0.1, 0.15) is 0 Å². The second kappa shape index (κ2) is 5.28. The molecular formula is C12H26N2O.